The molecule has 23 heavy (non-hydrogen) atoms. The van der Waals surface area contributed by atoms with E-state index in [0.29, 0.717) is 15.7 Å². The van der Waals surface area contributed by atoms with Gasteiger partial charge in [-0.3, -0.25) is 14.9 Å². The number of anilines is 1. The molecule has 0 atom stereocenters. The minimum Gasteiger partial charge on any atom is -0.341 e. The summed E-state index contributed by atoms with van der Waals surface area (Å²) in [5.41, 5.74) is 0.707. The summed E-state index contributed by atoms with van der Waals surface area (Å²) in [6, 6.07) is 3.60. The van der Waals surface area contributed by atoms with Crippen LogP contribution >= 0.6 is 22.7 Å². The Labute approximate surface area is 142 Å². The number of rotatable bonds is 4. The van der Waals surface area contributed by atoms with Crippen molar-refractivity contribution in [3.8, 4) is 0 Å². The van der Waals surface area contributed by atoms with Crippen molar-refractivity contribution in [3.05, 3.63) is 33.5 Å². The second-order valence-corrected chi connectivity index (χ2v) is 7.04. The summed E-state index contributed by atoms with van der Waals surface area (Å²) >= 11 is 2.73. The quantitative estimate of drug-likeness (QED) is 0.882. The monoisotopic (exact) mass is 350 g/mol. The number of nitrogens with one attached hydrogen (secondary N) is 2. The summed E-state index contributed by atoms with van der Waals surface area (Å²) in [5, 5.41) is 10.3. The Hall–Kier alpha value is -1.77. The SMILES string of the molecule is O=C(Nc1nc(CC(=O)N2CCCNCC2)cs1)c1cccs1. The number of thiazole rings is 1. The molecule has 3 heterocycles. The Morgan fingerprint density at radius 1 is 1.30 bits per heavy atom. The molecule has 8 heteroatoms. The number of carbonyl (C=O) groups excluding carboxylic acids is 2. The van der Waals surface area contributed by atoms with E-state index in [1.807, 2.05) is 21.7 Å². The smallest absolute Gasteiger partial charge is 0.267 e. The number of amides is 2. The zero-order valence-electron chi connectivity index (χ0n) is 12.6. The molecule has 1 aliphatic rings. The Balaban J connectivity index is 1.56. The lowest BCUT2D eigenvalue weighted by Crippen LogP contribution is -2.35. The van der Waals surface area contributed by atoms with Gasteiger partial charge in [-0.15, -0.1) is 22.7 Å². The normalized spacial score (nSPS) is 15.2. The molecule has 2 N–H and O–H groups in total. The van der Waals surface area contributed by atoms with Crippen molar-refractivity contribution in [2.24, 2.45) is 0 Å². The summed E-state index contributed by atoms with van der Waals surface area (Å²) in [7, 11) is 0. The lowest BCUT2D eigenvalue weighted by atomic mass is 10.3. The standard InChI is InChI=1S/C15H18N4O2S2/c20-13(19-6-2-4-16-5-7-19)9-11-10-23-15(17-11)18-14(21)12-3-1-8-22-12/h1,3,8,10,16H,2,4-7,9H2,(H,17,18,21). The number of hydrogen-bond acceptors (Lipinski definition) is 6. The van der Waals surface area contributed by atoms with Crippen LogP contribution in [0.25, 0.3) is 0 Å². The average molecular weight is 350 g/mol. The molecule has 1 saturated heterocycles. The third-order valence-corrected chi connectivity index (χ3v) is 5.22. The predicted molar refractivity (Wildman–Crippen MR) is 92.2 cm³/mol. The number of nitrogens with zero attached hydrogens (tertiary/aromatic N) is 2. The van der Waals surface area contributed by atoms with Crippen molar-refractivity contribution in [1.82, 2.24) is 15.2 Å². The number of hydrogen-bond donors (Lipinski definition) is 2. The first kappa shape index (κ1) is 16.1. The third kappa shape index (κ3) is 4.37. The van der Waals surface area contributed by atoms with Gasteiger partial charge in [-0.25, -0.2) is 4.98 Å². The molecule has 122 valence electrons. The molecule has 0 aliphatic carbocycles. The summed E-state index contributed by atoms with van der Waals surface area (Å²) in [5.74, 6) is -0.0686. The van der Waals surface area contributed by atoms with E-state index in [2.05, 4.69) is 15.6 Å². The first-order chi connectivity index (χ1) is 11.2. The minimum absolute atomic E-state index is 0.0927. The van der Waals surface area contributed by atoms with Crippen molar-refractivity contribution in [3.63, 3.8) is 0 Å². The van der Waals surface area contributed by atoms with E-state index in [0.717, 1.165) is 32.6 Å². The van der Waals surface area contributed by atoms with Gasteiger partial charge in [0.05, 0.1) is 17.0 Å². The highest BCUT2D eigenvalue weighted by Crippen LogP contribution is 2.18. The fourth-order valence-electron chi connectivity index (χ4n) is 2.37. The van der Waals surface area contributed by atoms with Gasteiger partial charge in [0.25, 0.3) is 5.91 Å². The second-order valence-electron chi connectivity index (χ2n) is 5.24. The van der Waals surface area contributed by atoms with Crippen molar-refractivity contribution in [2.75, 3.05) is 31.5 Å². The molecule has 1 aliphatic heterocycles. The Morgan fingerprint density at radius 3 is 3.04 bits per heavy atom. The lowest BCUT2D eigenvalue weighted by molar-refractivity contribution is -0.130. The van der Waals surface area contributed by atoms with Crippen LogP contribution in [0.4, 0.5) is 5.13 Å². The van der Waals surface area contributed by atoms with E-state index in [4.69, 9.17) is 0 Å². The Morgan fingerprint density at radius 2 is 2.22 bits per heavy atom. The van der Waals surface area contributed by atoms with Crippen molar-refractivity contribution < 1.29 is 9.59 Å². The second kappa shape index (κ2) is 7.67. The largest absolute Gasteiger partial charge is 0.341 e. The zero-order valence-corrected chi connectivity index (χ0v) is 14.2. The van der Waals surface area contributed by atoms with E-state index in [1.165, 1.54) is 22.7 Å². The topological polar surface area (TPSA) is 74.3 Å². The predicted octanol–water partition coefficient (Wildman–Crippen LogP) is 1.82. The number of aromatic nitrogens is 1. The van der Waals surface area contributed by atoms with Gasteiger partial charge in [-0.2, -0.15) is 0 Å². The molecule has 0 bridgehead atoms. The molecule has 2 aromatic rings. The van der Waals surface area contributed by atoms with Gasteiger partial charge in [0.1, 0.15) is 0 Å². The van der Waals surface area contributed by atoms with Crippen LogP contribution < -0.4 is 10.6 Å². The minimum atomic E-state index is -0.161. The van der Waals surface area contributed by atoms with Crippen LogP contribution in [-0.2, 0) is 11.2 Å². The van der Waals surface area contributed by atoms with Crippen LogP contribution in [0.15, 0.2) is 22.9 Å². The fourth-order valence-corrected chi connectivity index (χ4v) is 3.70. The van der Waals surface area contributed by atoms with Crippen LogP contribution in [0.5, 0.6) is 0 Å². The van der Waals surface area contributed by atoms with E-state index in [-0.39, 0.29) is 18.2 Å². The Bertz CT molecular complexity index is 661. The van der Waals surface area contributed by atoms with Crippen LogP contribution in [0.2, 0.25) is 0 Å². The molecule has 0 radical (unpaired) electrons. The van der Waals surface area contributed by atoms with Crippen molar-refractivity contribution in [2.45, 2.75) is 12.8 Å². The van der Waals surface area contributed by atoms with Crippen LogP contribution in [0.3, 0.4) is 0 Å². The molecule has 3 rings (SSSR count). The molecular weight excluding hydrogens is 332 g/mol. The highest BCUT2D eigenvalue weighted by Gasteiger charge is 2.17. The summed E-state index contributed by atoms with van der Waals surface area (Å²) in [6.45, 7) is 3.33. The van der Waals surface area contributed by atoms with Gasteiger partial charge in [-0.1, -0.05) is 6.07 Å². The average Bonchev–Trinajstić information content (AvgIpc) is 3.14. The third-order valence-electron chi connectivity index (χ3n) is 3.54. The van der Waals surface area contributed by atoms with E-state index in [9.17, 15) is 9.59 Å². The van der Waals surface area contributed by atoms with Gasteiger partial charge < -0.3 is 10.2 Å². The van der Waals surface area contributed by atoms with Gasteiger partial charge in [-0.05, 0) is 24.4 Å². The summed E-state index contributed by atoms with van der Waals surface area (Å²) in [6.07, 6.45) is 1.26. The number of thiophene rings is 1. The maximum absolute atomic E-state index is 12.3. The maximum Gasteiger partial charge on any atom is 0.267 e. The van der Waals surface area contributed by atoms with Crippen molar-refractivity contribution in [1.29, 1.82) is 0 Å². The van der Waals surface area contributed by atoms with Gasteiger partial charge in [0.2, 0.25) is 5.91 Å². The zero-order chi connectivity index (χ0) is 16.1. The van der Waals surface area contributed by atoms with Crippen LogP contribution in [-0.4, -0.2) is 47.9 Å². The molecule has 0 spiro atoms. The first-order valence-corrected chi connectivity index (χ1v) is 9.26. The van der Waals surface area contributed by atoms with Crippen molar-refractivity contribution >= 4 is 39.6 Å². The molecule has 0 unspecified atom stereocenters. The first-order valence-electron chi connectivity index (χ1n) is 7.50. The van der Waals surface area contributed by atoms with Gasteiger partial charge >= 0.3 is 0 Å². The highest BCUT2D eigenvalue weighted by atomic mass is 32.1. The van der Waals surface area contributed by atoms with Crippen LogP contribution in [0.1, 0.15) is 21.8 Å². The van der Waals surface area contributed by atoms with E-state index in [1.54, 1.807) is 6.07 Å². The van der Waals surface area contributed by atoms with Gasteiger partial charge in [0, 0.05) is 25.0 Å². The van der Waals surface area contributed by atoms with Gasteiger partial charge in [0.15, 0.2) is 5.13 Å². The molecular formula is C15H18N4O2S2. The lowest BCUT2D eigenvalue weighted by Gasteiger charge is -2.19. The molecule has 0 aromatic carbocycles. The molecule has 1 fully saturated rings. The molecule has 2 aromatic heterocycles. The van der Waals surface area contributed by atoms with Crippen LogP contribution in [0, 0.1) is 0 Å². The van der Waals surface area contributed by atoms with E-state index < -0.39 is 0 Å². The van der Waals surface area contributed by atoms with E-state index >= 15 is 0 Å². The Kier molecular flexibility index (Phi) is 5.37. The molecule has 0 saturated carbocycles. The highest BCUT2D eigenvalue weighted by molar-refractivity contribution is 7.14. The maximum atomic E-state index is 12.3. The summed E-state index contributed by atoms with van der Waals surface area (Å²) in [4.78, 5) is 31.2. The number of carbonyl (C=O) groups is 2. The fraction of sp³-hybridized carbons (Fsp3) is 0.400. The summed E-state index contributed by atoms with van der Waals surface area (Å²) < 4.78 is 0. The molecule has 2 amide bonds. The molecule has 6 nitrogen and oxygen atoms in total.